The Bertz CT molecular complexity index is 396. The van der Waals surface area contributed by atoms with Crippen molar-refractivity contribution < 1.29 is 19.5 Å². The van der Waals surface area contributed by atoms with Gasteiger partial charge in [-0.3, -0.25) is 9.59 Å². The monoisotopic (exact) mass is 268 g/mol. The number of nitrogens with zero attached hydrogens (tertiary/aromatic N) is 1. The van der Waals surface area contributed by atoms with Crippen LogP contribution in [0.4, 0.5) is 0 Å². The van der Waals surface area contributed by atoms with Crippen molar-refractivity contribution in [3.8, 4) is 0 Å². The predicted octanol–water partition coefficient (Wildman–Crippen LogP) is 0.367. The lowest BCUT2D eigenvalue weighted by atomic mass is 9.88. The molecule has 2 heterocycles. The van der Waals surface area contributed by atoms with Crippen LogP contribution in [0, 0.1) is 5.92 Å². The van der Waals surface area contributed by atoms with E-state index in [4.69, 9.17) is 0 Å². The molecule has 0 radical (unpaired) electrons. The van der Waals surface area contributed by atoms with Gasteiger partial charge in [0.25, 0.3) is 0 Å². The van der Waals surface area contributed by atoms with Gasteiger partial charge < -0.3 is 15.3 Å². The minimum Gasteiger partial charge on any atom is -0.480 e. The first kappa shape index (κ1) is 13.8. The molecule has 2 aliphatic rings. The Morgan fingerprint density at radius 3 is 2.68 bits per heavy atom. The van der Waals surface area contributed by atoms with Gasteiger partial charge in [0, 0.05) is 13.0 Å². The lowest BCUT2D eigenvalue weighted by Crippen LogP contribution is -2.55. The summed E-state index contributed by atoms with van der Waals surface area (Å²) in [6.07, 6.45) is 3.11. The normalized spacial score (nSPS) is 31.1. The number of carbonyl (C=O) groups is 3. The molecule has 106 valence electrons. The van der Waals surface area contributed by atoms with Crippen molar-refractivity contribution in [1.82, 2.24) is 10.2 Å². The molecule has 3 atom stereocenters. The van der Waals surface area contributed by atoms with E-state index in [1.54, 1.807) is 0 Å². The summed E-state index contributed by atoms with van der Waals surface area (Å²) in [5, 5.41) is 11.9. The molecule has 0 aromatic heterocycles. The lowest BCUT2D eigenvalue weighted by Gasteiger charge is -2.38. The van der Waals surface area contributed by atoms with Gasteiger partial charge in [-0.2, -0.15) is 0 Å². The molecule has 2 aliphatic heterocycles. The highest BCUT2D eigenvalue weighted by molar-refractivity contribution is 5.93. The minimum atomic E-state index is -0.948. The Balaban J connectivity index is 2.06. The maximum atomic E-state index is 12.3. The molecular weight excluding hydrogens is 248 g/mol. The van der Waals surface area contributed by atoms with Crippen LogP contribution in [-0.2, 0) is 14.4 Å². The second-order valence-corrected chi connectivity index (χ2v) is 5.34. The van der Waals surface area contributed by atoms with Gasteiger partial charge >= 0.3 is 5.97 Å². The van der Waals surface area contributed by atoms with E-state index in [1.165, 1.54) is 4.90 Å². The van der Waals surface area contributed by atoms with Crippen molar-refractivity contribution in [2.75, 3.05) is 6.54 Å². The molecule has 0 saturated carbocycles. The molecule has 2 fully saturated rings. The molecule has 0 aromatic rings. The average molecular weight is 268 g/mol. The molecule has 0 bridgehead atoms. The average Bonchev–Trinajstić information content (AvgIpc) is 2.83. The van der Waals surface area contributed by atoms with Crippen molar-refractivity contribution in [1.29, 1.82) is 0 Å². The maximum absolute atomic E-state index is 12.3. The predicted molar refractivity (Wildman–Crippen MR) is 67.3 cm³/mol. The highest BCUT2D eigenvalue weighted by Gasteiger charge is 2.39. The van der Waals surface area contributed by atoms with Crippen LogP contribution < -0.4 is 5.32 Å². The number of hydrogen-bond donors (Lipinski definition) is 2. The molecule has 19 heavy (non-hydrogen) atoms. The van der Waals surface area contributed by atoms with Crippen LogP contribution >= 0.6 is 0 Å². The number of aliphatic carboxylic acids is 1. The Morgan fingerprint density at radius 2 is 2.16 bits per heavy atom. The molecule has 2 unspecified atom stereocenters. The summed E-state index contributed by atoms with van der Waals surface area (Å²) in [6, 6.07) is -1.28. The van der Waals surface area contributed by atoms with Crippen LogP contribution in [0.25, 0.3) is 0 Å². The number of carboxylic acids is 1. The standard InChI is InChI=1S/C13H20N2O4/c1-2-8-5-6-15(10(7-8)13(18)19)12(17)9-3-4-11(16)14-9/h8-10H,2-7H2,1H3,(H,14,16)(H,18,19)/t8?,9-,10?/m0/s1. The highest BCUT2D eigenvalue weighted by Crippen LogP contribution is 2.27. The first-order chi connectivity index (χ1) is 9.02. The zero-order valence-corrected chi connectivity index (χ0v) is 11.1. The number of hydrogen-bond acceptors (Lipinski definition) is 3. The molecule has 0 spiro atoms. The summed E-state index contributed by atoms with van der Waals surface area (Å²) in [6.45, 7) is 2.51. The van der Waals surface area contributed by atoms with Crippen LogP contribution in [0.5, 0.6) is 0 Å². The number of carbonyl (C=O) groups excluding carboxylic acids is 2. The third-order valence-electron chi connectivity index (χ3n) is 4.15. The van der Waals surface area contributed by atoms with Crippen LogP contribution in [0.3, 0.4) is 0 Å². The molecule has 0 aromatic carbocycles. The third-order valence-corrected chi connectivity index (χ3v) is 4.15. The second kappa shape index (κ2) is 5.59. The van der Waals surface area contributed by atoms with Crippen molar-refractivity contribution >= 4 is 17.8 Å². The summed E-state index contributed by atoms with van der Waals surface area (Å²) < 4.78 is 0. The number of amides is 2. The van der Waals surface area contributed by atoms with Gasteiger partial charge in [0.2, 0.25) is 11.8 Å². The number of piperidine rings is 1. The van der Waals surface area contributed by atoms with E-state index in [9.17, 15) is 19.5 Å². The van der Waals surface area contributed by atoms with Crippen LogP contribution in [0.15, 0.2) is 0 Å². The van der Waals surface area contributed by atoms with Gasteiger partial charge in [0.15, 0.2) is 0 Å². The van der Waals surface area contributed by atoms with E-state index in [-0.39, 0.29) is 11.8 Å². The van der Waals surface area contributed by atoms with Gasteiger partial charge in [-0.1, -0.05) is 13.3 Å². The molecule has 2 N–H and O–H groups in total. The van der Waals surface area contributed by atoms with E-state index in [0.717, 1.165) is 12.8 Å². The minimum absolute atomic E-state index is 0.131. The molecule has 0 aliphatic carbocycles. The van der Waals surface area contributed by atoms with Gasteiger partial charge in [-0.05, 0) is 25.2 Å². The topological polar surface area (TPSA) is 86.7 Å². The van der Waals surface area contributed by atoms with E-state index in [0.29, 0.717) is 31.7 Å². The van der Waals surface area contributed by atoms with Gasteiger partial charge in [-0.25, -0.2) is 4.79 Å². The molecule has 6 nitrogen and oxygen atoms in total. The molecule has 2 rings (SSSR count). The van der Waals surface area contributed by atoms with Crippen molar-refractivity contribution in [3.63, 3.8) is 0 Å². The Hall–Kier alpha value is -1.59. The molecular formula is C13H20N2O4. The fourth-order valence-electron chi connectivity index (χ4n) is 2.91. The van der Waals surface area contributed by atoms with E-state index in [1.807, 2.05) is 6.92 Å². The largest absolute Gasteiger partial charge is 0.480 e. The van der Waals surface area contributed by atoms with Gasteiger partial charge in [0.05, 0.1) is 0 Å². The van der Waals surface area contributed by atoms with Crippen LogP contribution in [0.2, 0.25) is 0 Å². The zero-order chi connectivity index (χ0) is 14.0. The third kappa shape index (κ3) is 2.88. The SMILES string of the molecule is CCC1CCN(C(=O)[C@@H]2CCC(=O)N2)C(C(=O)O)C1. The Morgan fingerprint density at radius 1 is 1.42 bits per heavy atom. The Labute approximate surface area is 112 Å². The molecule has 6 heteroatoms. The quantitative estimate of drug-likeness (QED) is 0.774. The smallest absolute Gasteiger partial charge is 0.326 e. The highest BCUT2D eigenvalue weighted by atomic mass is 16.4. The van der Waals surface area contributed by atoms with Crippen molar-refractivity contribution in [3.05, 3.63) is 0 Å². The maximum Gasteiger partial charge on any atom is 0.326 e. The lowest BCUT2D eigenvalue weighted by molar-refractivity contribution is -0.154. The summed E-state index contributed by atoms with van der Waals surface area (Å²) >= 11 is 0. The number of carboxylic acid groups (broad SMARTS) is 1. The van der Waals surface area contributed by atoms with Gasteiger partial charge in [0.1, 0.15) is 12.1 Å². The van der Waals surface area contributed by atoms with E-state index >= 15 is 0 Å². The van der Waals surface area contributed by atoms with Crippen molar-refractivity contribution in [2.45, 2.75) is 51.1 Å². The number of nitrogens with one attached hydrogen (secondary N) is 1. The summed E-state index contributed by atoms with van der Waals surface area (Å²) in [7, 11) is 0. The summed E-state index contributed by atoms with van der Waals surface area (Å²) in [5.74, 6) is -0.958. The number of rotatable bonds is 3. The fraction of sp³-hybridized carbons (Fsp3) is 0.769. The molecule has 2 amide bonds. The Kier molecular flexibility index (Phi) is 4.07. The fourth-order valence-corrected chi connectivity index (χ4v) is 2.91. The first-order valence-electron chi connectivity index (χ1n) is 6.85. The van der Waals surface area contributed by atoms with Gasteiger partial charge in [-0.15, -0.1) is 0 Å². The van der Waals surface area contributed by atoms with Crippen molar-refractivity contribution in [2.24, 2.45) is 5.92 Å². The summed E-state index contributed by atoms with van der Waals surface area (Å²) in [5.41, 5.74) is 0. The second-order valence-electron chi connectivity index (χ2n) is 5.34. The number of likely N-dealkylation sites (tertiary alicyclic amines) is 1. The summed E-state index contributed by atoms with van der Waals surface area (Å²) in [4.78, 5) is 36.2. The molecule has 2 saturated heterocycles. The van der Waals surface area contributed by atoms with Crippen LogP contribution in [0.1, 0.15) is 39.0 Å². The van der Waals surface area contributed by atoms with Crippen LogP contribution in [-0.4, -0.2) is 46.4 Å². The zero-order valence-electron chi connectivity index (χ0n) is 11.1. The van der Waals surface area contributed by atoms with E-state index in [2.05, 4.69) is 5.32 Å². The van der Waals surface area contributed by atoms with E-state index < -0.39 is 18.1 Å². The first-order valence-corrected chi connectivity index (χ1v) is 6.85.